The van der Waals surface area contributed by atoms with Crippen LogP contribution < -0.4 is 10.5 Å². The Morgan fingerprint density at radius 2 is 1.90 bits per heavy atom. The lowest BCUT2D eigenvalue weighted by Gasteiger charge is -2.11. The number of nitrogen functional groups attached to an aromatic ring is 1. The van der Waals surface area contributed by atoms with Crippen molar-refractivity contribution in [2.24, 2.45) is 0 Å². The number of hydrogen-bond acceptors (Lipinski definition) is 2. The molecule has 1 heterocycles. The first-order chi connectivity index (χ1) is 10.2. The molecule has 1 aromatic heterocycles. The van der Waals surface area contributed by atoms with Crippen LogP contribution in [0.25, 0.3) is 10.9 Å². The van der Waals surface area contributed by atoms with E-state index in [4.69, 9.17) is 10.5 Å². The molecule has 0 aliphatic rings. The first kappa shape index (κ1) is 13.6. The molecule has 0 atom stereocenters. The van der Waals surface area contributed by atoms with Gasteiger partial charge in [-0.2, -0.15) is 0 Å². The number of aryl methyl sites for hydroxylation is 2. The minimum Gasteiger partial charge on any atom is -0.487 e. The van der Waals surface area contributed by atoms with Crippen molar-refractivity contribution in [2.75, 3.05) is 5.73 Å². The molecule has 2 N–H and O–H groups in total. The van der Waals surface area contributed by atoms with E-state index in [-0.39, 0.29) is 0 Å². The molecule has 0 aliphatic heterocycles. The molecule has 3 heteroatoms. The zero-order valence-electron chi connectivity index (χ0n) is 12.5. The van der Waals surface area contributed by atoms with E-state index in [1.54, 1.807) is 0 Å². The van der Waals surface area contributed by atoms with Crippen molar-refractivity contribution in [1.82, 2.24) is 4.57 Å². The number of nitrogens with two attached hydrogens (primary N) is 1. The molecule has 0 aliphatic carbocycles. The Hall–Kier alpha value is -2.42. The van der Waals surface area contributed by atoms with Gasteiger partial charge in [0.15, 0.2) is 0 Å². The number of aromatic nitrogens is 1. The van der Waals surface area contributed by atoms with Crippen LogP contribution in [0.5, 0.6) is 5.75 Å². The van der Waals surface area contributed by atoms with E-state index in [0.717, 1.165) is 29.2 Å². The highest BCUT2D eigenvalue weighted by Gasteiger charge is 2.10. The Labute approximate surface area is 125 Å². The minimum absolute atomic E-state index is 0.547. The number of rotatable bonds is 4. The van der Waals surface area contributed by atoms with Crippen molar-refractivity contribution >= 4 is 16.6 Å². The quantitative estimate of drug-likeness (QED) is 0.730. The summed E-state index contributed by atoms with van der Waals surface area (Å²) in [6, 6.07) is 16.3. The number of fused-ring (bicyclic) bond motifs is 1. The van der Waals surface area contributed by atoms with Gasteiger partial charge in [0.25, 0.3) is 0 Å². The fourth-order valence-electron chi connectivity index (χ4n) is 2.75. The van der Waals surface area contributed by atoms with E-state index in [2.05, 4.69) is 36.6 Å². The van der Waals surface area contributed by atoms with Gasteiger partial charge in [-0.15, -0.1) is 0 Å². The largest absolute Gasteiger partial charge is 0.487 e. The molecule has 0 spiro atoms. The topological polar surface area (TPSA) is 40.2 Å². The Balaban J connectivity index is 1.92. The molecule has 3 nitrogen and oxygen atoms in total. The summed E-state index contributed by atoms with van der Waals surface area (Å²) in [5.41, 5.74) is 10.4. The maximum Gasteiger partial charge on any atom is 0.128 e. The zero-order chi connectivity index (χ0) is 14.8. The third kappa shape index (κ3) is 2.59. The molecule has 2 aromatic carbocycles. The van der Waals surface area contributed by atoms with E-state index >= 15 is 0 Å². The summed E-state index contributed by atoms with van der Waals surface area (Å²) >= 11 is 0. The lowest BCUT2D eigenvalue weighted by Crippen LogP contribution is -2.05. The number of benzene rings is 2. The normalized spacial score (nSPS) is 11.0. The van der Waals surface area contributed by atoms with E-state index in [9.17, 15) is 0 Å². The average molecular weight is 280 g/mol. The van der Waals surface area contributed by atoms with Crippen molar-refractivity contribution < 1.29 is 4.74 Å². The maximum absolute atomic E-state index is 6.11. The van der Waals surface area contributed by atoms with Gasteiger partial charge in [-0.1, -0.05) is 24.3 Å². The van der Waals surface area contributed by atoms with Crippen LogP contribution in [-0.2, 0) is 13.2 Å². The van der Waals surface area contributed by atoms with E-state index < -0.39 is 0 Å². The second-order valence-electron chi connectivity index (χ2n) is 5.27. The van der Waals surface area contributed by atoms with Gasteiger partial charge in [-0.25, -0.2) is 0 Å². The van der Waals surface area contributed by atoms with E-state index in [1.807, 2.05) is 30.3 Å². The van der Waals surface area contributed by atoms with Gasteiger partial charge in [-0.3, -0.25) is 0 Å². The summed E-state index contributed by atoms with van der Waals surface area (Å²) in [7, 11) is 0. The highest BCUT2D eigenvalue weighted by molar-refractivity contribution is 5.91. The van der Waals surface area contributed by atoms with Crippen molar-refractivity contribution in [3.05, 3.63) is 59.8 Å². The Morgan fingerprint density at radius 3 is 2.67 bits per heavy atom. The Morgan fingerprint density at radius 1 is 1.10 bits per heavy atom. The molecule has 3 rings (SSSR count). The molecule has 0 saturated heterocycles. The van der Waals surface area contributed by atoms with Gasteiger partial charge in [0.1, 0.15) is 12.4 Å². The van der Waals surface area contributed by atoms with Crippen LogP contribution in [0.1, 0.15) is 18.2 Å². The van der Waals surface area contributed by atoms with Crippen LogP contribution in [0.4, 0.5) is 5.69 Å². The fraction of sp³-hybridized carbons (Fsp3) is 0.222. The molecule has 3 aromatic rings. The standard InChI is InChI=1S/C18H20N2O/c1-3-20-15(11-14-7-5-9-17(19)18(14)20)12-21-16-8-4-6-13(2)10-16/h4-11H,3,12,19H2,1-2H3. The maximum atomic E-state index is 6.11. The number of nitrogens with zero attached hydrogens (tertiary/aromatic N) is 1. The molecule has 0 fully saturated rings. The van der Waals surface area contributed by atoms with Gasteiger partial charge in [0.2, 0.25) is 0 Å². The molecule has 0 unspecified atom stereocenters. The van der Waals surface area contributed by atoms with Crippen LogP contribution in [-0.4, -0.2) is 4.57 Å². The van der Waals surface area contributed by atoms with Gasteiger partial charge in [0.05, 0.1) is 16.9 Å². The zero-order valence-corrected chi connectivity index (χ0v) is 12.5. The number of ether oxygens (including phenoxy) is 1. The highest BCUT2D eigenvalue weighted by Crippen LogP contribution is 2.26. The van der Waals surface area contributed by atoms with Gasteiger partial charge in [0, 0.05) is 11.9 Å². The smallest absolute Gasteiger partial charge is 0.128 e. The minimum atomic E-state index is 0.547. The molecule has 0 bridgehead atoms. The van der Waals surface area contributed by atoms with Crippen molar-refractivity contribution in [1.29, 1.82) is 0 Å². The molecule has 108 valence electrons. The molecule has 0 saturated carbocycles. The van der Waals surface area contributed by atoms with Crippen LogP contribution in [0.2, 0.25) is 0 Å². The summed E-state index contributed by atoms with van der Waals surface area (Å²) in [5.74, 6) is 0.899. The predicted octanol–water partition coefficient (Wildman–Crippen LogP) is 4.13. The second-order valence-corrected chi connectivity index (χ2v) is 5.27. The fourth-order valence-corrected chi connectivity index (χ4v) is 2.75. The molecule has 21 heavy (non-hydrogen) atoms. The van der Waals surface area contributed by atoms with Crippen LogP contribution in [0.3, 0.4) is 0 Å². The van der Waals surface area contributed by atoms with Gasteiger partial charge >= 0.3 is 0 Å². The van der Waals surface area contributed by atoms with Crippen LogP contribution >= 0.6 is 0 Å². The van der Waals surface area contributed by atoms with Crippen LogP contribution in [0, 0.1) is 6.92 Å². The van der Waals surface area contributed by atoms with E-state index in [0.29, 0.717) is 6.61 Å². The van der Waals surface area contributed by atoms with Gasteiger partial charge < -0.3 is 15.0 Å². The molecular formula is C18H20N2O. The van der Waals surface area contributed by atoms with Crippen LogP contribution in [0.15, 0.2) is 48.5 Å². The first-order valence-corrected chi connectivity index (χ1v) is 7.25. The SMILES string of the molecule is CCn1c(COc2cccc(C)c2)cc2cccc(N)c21. The summed E-state index contributed by atoms with van der Waals surface area (Å²) < 4.78 is 8.15. The highest BCUT2D eigenvalue weighted by atomic mass is 16.5. The summed E-state index contributed by atoms with van der Waals surface area (Å²) in [5, 5.41) is 1.17. The number of anilines is 1. The van der Waals surface area contributed by atoms with E-state index in [1.165, 1.54) is 10.9 Å². The number of para-hydroxylation sites is 1. The summed E-state index contributed by atoms with van der Waals surface area (Å²) in [6.45, 7) is 5.62. The van der Waals surface area contributed by atoms with Crippen molar-refractivity contribution in [3.63, 3.8) is 0 Å². The number of hydrogen-bond donors (Lipinski definition) is 1. The third-order valence-electron chi connectivity index (χ3n) is 3.73. The van der Waals surface area contributed by atoms with Gasteiger partial charge in [-0.05, 0) is 43.7 Å². The first-order valence-electron chi connectivity index (χ1n) is 7.25. The Kier molecular flexibility index (Phi) is 3.57. The average Bonchev–Trinajstić information content (AvgIpc) is 2.84. The van der Waals surface area contributed by atoms with Crippen molar-refractivity contribution in [2.45, 2.75) is 27.0 Å². The summed E-state index contributed by atoms with van der Waals surface area (Å²) in [6.07, 6.45) is 0. The van der Waals surface area contributed by atoms with Crippen molar-refractivity contribution in [3.8, 4) is 5.75 Å². The monoisotopic (exact) mass is 280 g/mol. The Bertz CT molecular complexity index is 774. The third-order valence-corrected chi connectivity index (χ3v) is 3.73. The molecular weight excluding hydrogens is 260 g/mol. The second kappa shape index (κ2) is 5.52. The molecule has 0 amide bonds. The predicted molar refractivity (Wildman–Crippen MR) is 87.5 cm³/mol. The molecule has 0 radical (unpaired) electrons. The lowest BCUT2D eigenvalue weighted by molar-refractivity contribution is 0.296. The summed E-state index contributed by atoms with van der Waals surface area (Å²) in [4.78, 5) is 0. The lowest BCUT2D eigenvalue weighted by atomic mass is 10.2.